The number of carbonyl (C=O) groups is 2. The molecule has 0 aromatic rings. The molecular formula is C22H31NO4. The van der Waals surface area contributed by atoms with E-state index in [9.17, 15) is 19.8 Å². The Morgan fingerprint density at radius 3 is 2.63 bits per heavy atom. The Kier molecular flexibility index (Phi) is 5.35. The van der Waals surface area contributed by atoms with Crippen LogP contribution in [-0.4, -0.2) is 46.5 Å². The maximum absolute atomic E-state index is 12.8. The summed E-state index contributed by atoms with van der Waals surface area (Å²) in [5, 5.41) is 20.9. The molecule has 1 aliphatic heterocycles. The molecule has 6 atom stereocenters. The molecule has 0 spiro atoms. The summed E-state index contributed by atoms with van der Waals surface area (Å²) in [6, 6.07) is -0.903. The van der Waals surface area contributed by atoms with Crippen LogP contribution in [0, 0.1) is 29.1 Å². The first-order valence-corrected chi connectivity index (χ1v) is 9.94. The van der Waals surface area contributed by atoms with Crippen LogP contribution in [0.15, 0.2) is 35.6 Å². The maximum atomic E-state index is 12.8. The fourth-order valence-corrected chi connectivity index (χ4v) is 5.35. The number of nitrogens with zero attached hydrogens (tertiary/aromatic N) is 1. The van der Waals surface area contributed by atoms with Crippen LogP contribution in [0.5, 0.6) is 0 Å². The number of likely N-dealkylation sites (tertiary alicyclic amines) is 1. The zero-order valence-electron chi connectivity index (χ0n) is 16.7. The number of hydrogen-bond acceptors (Lipinski definition) is 4. The van der Waals surface area contributed by atoms with E-state index in [1.807, 2.05) is 26.0 Å². The van der Waals surface area contributed by atoms with Gasteiger partial charge < -0.3 is 15.1 Å². The molecule has 0 aromatic carbocycles. The quantitative estimate of drug-likeness (QED) is 0.345. The molecule has 0 radical (unpaired) electrons. The highest BCUT2D eigenvalue weighted by atomic mass is 16.3. The number of aliphatic hydroxyl groups is 2. The number of likely N-dealkylation sites (N-methyl/N-ethyl adjacent to an activating group) is 1. The molecule has 0 unspecified atom stereocenters. The van der Waals surface area contributed by atoms with Crippen molar-refractivity contribution in [3.8, 4) is 0 Å². The lowest BCUT2D eigenvalue weighted by atomic mass is 9.54. The molecule has 2 aliphatic carbocycles. The van der Waals surface area contributed by atoms with Crippen LogP contribution in [0.25, 0.3) is 0 Å². The maximum Gasteiger partial charge on any atom is 0.261 e. The summed E-state index contributed by atoms with van der Waals surface area (Å²) < 4.78 is 0. The van der Waals surface area contributed by atoms with E-state index in [-0.39, 0.29) is 23.2 Å². The second-order valence-electron chi connectivity index (χ2n) is 8.61. The molecular weight excluding hydrogens is 342 g/mol. The SMILES string of the molecule is C/C=C/[C@@H]1C=C[C@@H]2C[C@H](C)CC[C@H]2[C@]1(C)C(O)=C1C(=O)[C@@H](CO)N(C)C1=O. The van der Waals surface area contributed by atoms with E-state index in [0.29, 0.717) is 11.8 Å². The molecule has 1 heterocycles. The summed E-state index contributed by atoms with van der Waals surface area (Å²) in [4.78, 5) is 26.7. The summed E-state index contributed by atoms with van der Waals surface area (Å²) in [5.74, 6) is -0.00752. The predicted octanol–water partition coefficient (Wildman–Crippen LogP) is 3.02. The third kappa shape index (κ3) is 2.96. The smallest absolute Gasteiger partial charge is 0.261 e. The zero-order valence-corrected chi connectivity index (χ0v) is 16.7. The Labute approximate surface area is 161 Å². The lowest BCUT2D eigenvalue weighted by Gasteiger charge is -2.50. The van der Waals surface area contributed by atoms with Crippen molar-refractivity contribution in [1.82, 2.24) is 4.90 Å². The van der Waals surface area contributed by atoms with Gasteiger partial charge in [-0.3, -0.25) is 9.59 Å². The number of ketones is 1. The number of hydrogen-bond donors (Lipinski definition) is 2. The molecule has 0 aromatic heterocycles. The van der Waals surface area contributed by atoms with Gasteiger partial charge in [-0.2, -0.15) is 0 Å². The summed E-state index contributed by atoms with van der Waals surface area (Å²) in [6.45, 7) is 5.75. The first-order valence-electron chi connectivity index (χ1n) is 9.94. The molecule has 1 saturated heterocycles. The number of allylic oxidation sites excluding steroid dienone is 5. The molecule has 3 aliphatic rings. The van der Waals surface area contributed by atoms with Gasteiger partial charge in [0.25, 0.3) is 5.91 Å². The van der Waals surface area contributed by atoms with Crippen molar-refractivity contribution >= 4 is 11.7 Å². The molecule has 0 bridgehead atoms. The minimum Gasteiger partial charge on any atom is -0.511 e. The van der Waals surface area contributed by atoms with Gasteiger partial charge in [0.15, 0.2) is 5.78 Å². The molecule has 1 saturated carbocycles. The van der Waals surface area contributed by atoms with Crippen LogP contribution in [0.4, 0.5) is 0 Å². The normalized spacial score (nSPS) is 41.4. The van der Waals surface area contributed by atoms with Crippen LogP contribution in [0.3, 0.4) is 0 Å². The zero-order chi connectivity index (χ0) is 19.9. The second-order valence-corrected chi connectivity index (χ2v) is 8.61. The number of fused-ring (bicyclic) bond motifs is 1. The Morgan fingerprint density at radius 1 is 1.33 bits per heavy atom. The van der Waals surface area contributed by atoms with E-state index in [0.717, 1.165) is 19.3 Å². The van der Waals surface area contributed by atoms with Gasteiger partial charge >= 0.3 is 0 Å². The third-order valence-corrected chi connectivity index (χ3v) is 7.06. The van der Waals surface area contributed by atoms with Gasteiger partial charge in [0, 0.05) is 18.4 Å². The van der Waals surface area contributed by atoms with Crippen LogP contribution in [0.2, 0.25) is 0 Å². The summed E-state index contributed by atoms with van der Waals surface area (Å²) in [5.41, 5.74) is -0.848. The number of carbonyl (C=O) groups excluding carboxylic acids is 2. The summed E-state index contributed by atoms with van der Waals surface area (Å²) >= 11 is 0. The van der Waals surface area contributed by atoms with Crippen LogP contribution < -0.4 is 0 Å². The van der Waals surface area contributed by atoms with Gasteiger partial charge in [0.05, 0.1) is 6.61 Å². The van der Waals surface area contributed by atoms with Crippen LogP contribution in [-0.2, 0) is 9.59 Å². The van der Waals surface area contributed by atoms with Gasteiger partial charge in [0.2, 0.25) is 0 Å². The van der Waals surface area contributed by atoms with Crippen molar-refractivity contribution in [1.29, 1.82) is 0 Å². The Hall–Kier alpha value is -1.88. The Bertz CT molecular complexity index is 722. The van der Waals surface area contributed by atoms with E-state index in [1.165, 1.54) is 11.9 Å². The monoisotopic (exact) mass is 373 g/mol. The fourth-order valence-electron chi connectivity index (χ4n) is 5.35. The van der Waals surface area contributed by atoms with Crippen molar-refractivity contribution in [2.75, 3.05) is 13.7 Å². The van der Waals surface area contributed by atoms with Gasteiger partial charge in [-0.05, 0) is 37.5 Å². The lowest BCUT2D eigenvalue weighted by molar-refractivity contribution is -0.126. The van der Waals surface area contributed by atoms with Crippen molar-refractivity contribution in [2.45, 2.75) is 46.1 Å². The number of Topliss-reactive ketones (excluding diaryl/α,β-unsaturated/α-hetero) is 1. The van der Waals surface area contributed by atoms with E-state index in [4.69, 9.17) is 0 Å². The third-order valence-electron chi connectivity index (χ3n) is 7.06. The summed E-state index contributed by atoms with van der Waals surface area (Å²) in [7, 11) is 1.50. The van der Waals surface area contributed by atoms with Crippen molar-refractivity contribution < 1.29 is 19.8 Å². The highest BCUT2D eigenvalue weighted by Gasteiger charge is 2.53. The lowest BCUT2D eigenvalue weighted by Crippen LogP contribution is -2.45. The topological polar surface area (TPSA) is 77.8 Å². The van der Waals surface area contributed by atoms with Gasteiger partial charge in [0.1, 0.15) is 17.4 Å². The van der Waals surface area contributed by atoms with Crippen molar-refractivity contribution in [3.63, 3.8) is 0 Å². The molecule has 5 heteroatoms. The van der Waals surface area contributed by atoms with Crippen molar-refractivity contribution in [3.05, 3.63) is 35.6 Å². The largest absolute Gasteiger partial charge is 0.511 e. The highest BCUT2D eigenvalue weighted by Crippen LogP contribution is 2.56. The van der Waals surface area contributed by atoms with Crippen molar-refractivity contribution in [2.24, 2.45) is 29.1 Å². The predicted molar refractivity (Wildman–Crippen MR) is 104 cm³/mol. The van der Waals surface area contributed by atoms with Gasteiger partial charge in [-0.15, -0.1) is 0 Å². The highest BCUT2D eigenvalue weighted by molar-refractivity contribution is 6.26. The molecule has 3 rings (SSSR count). The Morgan fingerprint density at radius 2 is 2.04 bits per heavy atom. The minimum absolute atomic E-state index is 0.0799. The van der Waals surface area contributed by atoms with E-state index in [2.05, 4.69) is 19.1 Å². The van der Waals surface area contributed by atoms with E-state index < -0.39 is 29.8 Å². The molecule has 5 nitrogen and oxygen atoms in total. The first-order chi connectivity index (χ1) is 12.8. The van der Waals surface area contributed by atoms with Crippen LogP contribution in [0.1, 0.15) is 40.0 Å². The number of aliphatic hydroxyl groups excluding tert-OH is 2. The molecule has 2 N–H and O–H groups in total. The average Bonchev–Trinajstić information content (AvgIpc) is 2.85. The summed E-state index contributed by atoms with van der Waals surface area (Å²) in [6.07, 6.45) is 11.5. The molecule has 1 amide bonds. The van der Waals surface area contributed by atoms with Gasteiger partial charge in [-0.25, -0.2) is 0 Å². The van der Waals surface area contributed by atoms with E-state index in [1.54, 1.807) is 0 Å². The molecule has 148 valence electrons. The first kappa shape index (κ1) is 19.9. The number of amides is 1. The standard InChI is InChI=1S/C22H31NO4/c1-5-6-15-9-8-14-11-13(2)7-10-16(14)22(15,3)20(26)18-19(25)17(12-24)23(4)21(18)27/h5-6,8-9,13-17,24,26H,7,10-12H2,1-4H3/b6-5+,20-18?/t13-,14-,15-,16-,17-,22-/m1/s1. The van der Waals surface area contributed by atoms with Crippen LogP contribution >= 0.6 is 0 Å². The van der Waals surface area contributed by atoms with Gasteiger partial charge in [-0.1, -0.05) is 44.6 Å². The minimum atomic E-state index is -0.903. The molecule has 27 heavy (non-hydrogen) atoms. The second kappa shape index (κ2) is 7.27. The average molecular weight is 373 g/mol. The number of rotatable bonds is 3. The van der Waals surface area contributed by atoms with E-state index >= 15 is 0 Å². The Balaban J connectivity index is 2.14. The fraction of sp³-hybridized carbons (Fsp3) is 0.636. The molecule has 2 fully saturated rings.